The van der Waals surface area contributed by atoms with Gasteiger partial charge in [0.15, 0.2) is 0 Å². The van der Waals surface area contributed by atoms with E-state index in [-0.39, 0.29) is 18.7 Å². The topological polar surface area (TPSA) is 92.9 Å². The number of carbonyl (C=O) groups is 2. The predicted molar refractivity (Wildman–Crippen MR) is 67.6 cm³/mol. The van der Waals surface area contributed by atoms with Gasteiger partial charge in [-0.25, -0.2) is 4.39 Å². The van der Waals surface area contributed by atoms with Gasteiger partial charge < -0.3 is 15.6 Å². The van der Waals surface area contributed by atoms with E-state index in [9.17, 15) is 14.0 Å². The van der Waals surface area contributed by atoms with Crippen molar-refractivity contribution in [2.45, 2.75) is 12.6 Å². The third-order valence-corrected chi connectivity index (χ3v) is 3.24. The Labute approximate surface area is 114 Å². The van der Waals surface area contributed by atoms with Crippen molar-refractivity contribution in [3.05, 3.63) is 35.1 Å². The molecule has 0 bridgehead atoms. The fourth-order valence-corrected chi connectivity index (χ4v) is 2.10. The van der Waals surface area contributed by atoms with E-state index in [1.54, 1.807) is 4.90 Å². The first-order valence-electron chi connectivity index (χ1n) is 6.12. The minimum atomic E-state index is -1.00. The van der Waals surface area contributed by atoms with E-state index in [0.29, 0.717) is 18.7 Å². The average Bonchev–Trinajstić information content (AvgIpc) is 2.41. The van der Waals surface area contributed by atoms with Crippen molar-refractivity contribution >= 4 is 11.9 Å². The van der Waals surface area contributed by atoms with E-state index in [1.807, 2.05) is 0 Å². The summed E-state index contributed by atoms with van der Waals surface area (Å²) < 4.78 is 19.0. The van der Waals surface area contributed by atoms with Gasteiger partial charge in [-0.3, -0.25) is 14.5 Å². The second-order valence-corrected chi connectivity index (χ2v) is 4.57. The molecule has 0 radical (unpaired) electrons. The number of rotatable bonds is 4. The molecule has 0 spiro atoms. The van der Waals surface area contributed by atoms with Crippen LogP contribution in [0.3, 0.4) is 0 Å². The number of halogens is 1. The maximum Gasteiger partial charge on any atom is 0.323 e. The minimum Gasteiger partial charge on any atom is -0.480 e. The molecular weight excluding hydrogens is 267 g/mol. The van der Waals surface area contributed by atoms with Gasteiger partial charge in [-0.1, -0.05) is 6.07 Å². The largest absolute Gasteiger partial charge is 0.480 e. The van der Waals surface area contributed by atoms with Crippen LogP contribution in [-0.2, 0) is 16.1 Å². The molecule has 0 aliphatic carbocycles. The maximum absolute atomic E-state index is 13.9. The normalized spacial score (nSPS) is 19.8. The summed E-state index contributed by atoms with van der Waals surface area (Å²) >= 11 is 0. The van der Waals surface area contributed by atoms with Gasteiger partial charge in [-0.15, -0.1) is 0 Å². The molecule has 0 aromatic heterocycles. The quantitative estimate of drug-likeness (QED) is 0.823. The summed E-state index contributed by atoms with van der Waals surface area (Å²) in [5, 5.41) is 9.10. The van der Waals surface area contributed by atoms with Crippen molar-refractivity contribution in [1.82, 2.24) is 4.90 Å². The Morgan fingerprint density at radius 1 is 1.50 bits per heavy atom. The van der Waals surface area contributed by atoms with Crippen LogP contribution in [0.5, 0.6) is 0 Å². The molecule has 1 saturated heterocycles. The molecule has 1 heterocycles. The smallest absolute Gasteiger partial charge is 0.323 e. The molecule has 6 nitrogen and oxygen atoms in total. The number of hydrogen-bond acceptors (Lipinski definition) is 4. The summed E-state index contributed by atoms with van der Waals surface area (Å²) in [6.07, 6.45) is 0. The van der Waals surface area contributed by atoms with Crippen molar-refractivity contribution in [3.8, 4) is 0 Å². The number of carbonyl (C=O) groups excluding carboxylic acids is 1. The second kappa shape index (κ2) is 5.98. The Bertz CT molecular complexity index is 535. The van der Waals surface area contributed by atoms with Crippen molar-refractivity contribution < 1.29 is 23.8 Å². The van der Waals surface area contributed by atoms with Crippen LogP contribution in [0.25, 0.3) is 0 Å². The summed E-state index contributed by atoms with van der Waals surface area (Å²) in [7, 11) is 0. The molecule has 7 heteroatoms. The number of nitrogens with zero attached hydrogens (tertiary/aromatic N) is 1. The molecule has 0 saturated carbocycles. The van der Waals surface area contributed by atoms with Gasteiger partial charge in [0.05, 0.1) is 13.2 Å². The number of carboxylic acids is 1. The molecule has 1 aromatic rings. The minimum absolute atomic E-state index is 0.0797. The van der Waals surface area contributed by atoms with Gasteiger partial charge in [0.25, 0.3) is 0 Å². The highest BCUT2D eigenvalue weighted by Crippen LogP contribution is 2.16. The second-order valence-electron chi connectivity index (χ2n) is 4.57. The highest BCUT2D eigenvalue weighted by Gasteiger charge is 2.29. The number of amides is 1. The summed E-state index contributed by atoms with van der Waals surface area (Å²) in [5.74, 6) is -2.28. The molecule has 1 atom stereocenters. The van der Waals surface area contributed by atoms with E-state index in [1.165, 1.54) is 12.1 Å². The first kappa shape index (κ1) is 14.4. The van der Waals surface area contributed by atoms with Gasteiger partial charge in [0.2, 0.25) is 5.91 Å². The average molecular weight is 282 g/mol. The van der Waals surface area contributed by atoms with Crippen LogP contribution < -0.4 is 5.73 Å². The van der Waals surface area contributed by atoms with Crippen molar-refractivity contribution in [2.24, 2.45) is 5.73 Å². The molecule has 20 heavy (non-hydrogen) atoms. The number of carboxylic acid groups (broad SMARTS) is 1. The van der Waals surface area contributed by atoms with Gasteiger partial charge in [0, 0.05) is 24.2 Å². The summed E-state index contributed by atoms with van der Waals surface area (Å²) in [6.45, 7) is 1.04. The van der Waals surface area contributed by atoms with Crippen molar-refractivity contribution in [3.63, 3.8) is 0 Å². The molecule has 1 aromatic carbocycles. The number of morpholine rings is 1. The molecule has 1 amide bonds. The predicted octanol–water partition coefficient (Wildman–Crippen LogP) is 0.210. The van der Waals surface area contributed by atoms with Gasteiger partial charge >= 0.3 is 5.97 Å². The van der Waals surface area contributed by atoms with Gasteiger partial charge in [-0.2, -0.15) is 0 Å². The molecule has 1 unspecified atom stereocenters. The van der Waals surface area contributed by atoms with Crippen LogP contribution in [0.1, 0.15) is 15.9 Å². The molecule has 3 N–H and O–H groups in total. The zero-order valence-electron chi connectivity index (χ0n) is 10.7. The SMILES string of the molecule is NC(=O)c1ccc(CN2CCOCC2C(=O)O)c(F)c1. The van der Waals surface area contributed by atoms with Gasteiger partial charge in [-0.05, 0) is 12.1 Å². The third-order valence-electron chi connectivity index (χ3n) is 3.24. The van der Waals surface area contributed by atoms with Crippen LogP contribution in [0.15, 0.2) is 18.2 Å². The first-order chi connectivity index (χ1) is 9.49. The Hall–Kier alpha value is -1.99. The van der Waals surface area contributed by atoms with Crippen LogP contribution in [0.4, 0.5) is 4.39 Å². The molecule has 2 rings (SSSR count). The van der Waals surface area contributed by atoms with E-state index in [4.69, 9.17) is 15.6 Å². The lowest BCUT2D eigenvalue weighted by Crippen LogP contribution is -2.49. The van der Waals surface area contributed by atoms with Crippen molar-refractivity contribution in [1.29, 1.82) is 0 Å². The van der Waals surface area contributed by atoms with E-state index in [2.05, 4.69) is 0 Å². The highest BCUT2D eigenvalue weighted by atomic mass is 19.1. The van der Waals surface area contributed by atoms with E-state index >= 15 is 0 Å². The third kappa shape index (κ3) is 3.12. The molecule has 1 aliphatic heterocycles. The Kier molecular flexibility index (Phi) is 4.31. The lowest BCUT2D eigenvalue weighted by molar-refractivity contribution is -0.150. The Morgan fingerprint density at radius 3 is 2.85 bits per heavy atom. The van der Waals surface area contributed by atoms with E-state index < -0.39 is 23.7 Å². The number of ether oxygens (including phenoxy) is 1. The van der Waals surface area contributed by atoms with E-state index in [0.717, 1.165) is 6.07 Å². The van der Waals surface area contributed by atoms with Crippen LogP contribution >= 0.6 is 0 Å². The zero-order valence-corrected chi connectivity index (χ0v) is 10.7. The van der Waals surface area contributed by atoms with Crippen molar-refractivity contribution in [2.75, 3.05) is 19.8 Å². The standard InChI is InChI=1S/C13H15FN2O4/c14-10-5-8(12(15)17)1-2-9(10)6-16-3-4-20-7-11(16)13(18)19/h1-2,5,11H,3-4,6-7H2,(H2,15,17)(H,18,19). The number of benzene rings is 1. The molecule has 1 aliphatic rings. The summed E-state index contributed by atoms with van der Waals surface area (Å²) in [6, 6.07) is 3.15. The Balaban J connectivity index is 2.16. The van der Waals surface area contributed by atoms with Crippen LogP contribution in [-0.4, -0.2) is 47.7 Å². The van der Waals surface area contributed by atoms with Crippen LogP contribution in [0.2, 0.25) is 0 Å². The van der Waals surface area contributed by atoms with Crippen LogP contribution in [0, 0.1) is 5.82 Å². The molecular formula is C13H15FN2O4. The number of primary amides is 1. The Morgan fingerprint density at radius 2 is 2.25 bits per heavy atom. The lowest BCUT2D eigenvalue weighted by Gasteiger charge is -2.32. The first-order valence-corrected chi connectivity index (χ1v) is 6.12. The molecule has 1 fully saturated rings. The fraction of sp³-hybridized carbons (Fsp3) is 0.385. The molecule has 108 valence electrons. The monoisotopic (exact) mass is 282 g/mol. The summed E-state index contributed by atoms with van der Waals surface area (Å²) in [4.78, 5) is 23.7. The maximum atomic E-state index is 13.9. The number of nitrogens with two attached hydrogens (primary N) is 1. The van der Waals surface area contributed by atoms with Gasteiger partial charge in [0.1, 0.15) is 11.9 Å². The number of aliphatic carboxylic acids is 1. The zero-order chi connectivity index (χ0) is 14.7. The fourth-order valence-electron chi connectivity index (χ4n) is 2.10. The summed E-state index contributed by atoms with van der Waals surface area (Å²) in [5.41, 5.74) is 5.48. The lowest BCUT2D eigenvalue weighted by atomic mass is 10.1. The number of hydrogen-bond donors (Lipinski definition) is 2. The highest BCUT2D eigenvalue weighted by molar-refractivity contribution is 5.92.